The molecule has 2 unspecified atom stereocenters. The highest BCUT2D eigenvalue weighted by molar-refractivity contribution is 5.76. The summed E-state index contributed by atoms with van der Waals surface area (Å²) in [6.45, 7) is 4.32. The van der Waals surface area contributed by atoms with E-state index < -0.39 is 12.1 Å². The minimum Gasteiger partial charge on any atom is -0.394 e. The Balaban J connectivity index is 3.48. The molecule has 468 valence electrons. The molecule has 0 aliphatic rings. The molecular weight excluding hydrogens is 975 g/mol. The topological polar surface area (TPSA) is 69.6 Å². The number of nitrogens with one attached hydrogen (secondary N) is 1. The number of carbonyl (C=O) groups excluding carboxylic acids is 1. The van der Waals surface area contributed by atoms with E-state index in [-0.39, 0.29) is 12.5 Å². The van der Waals surface area contributed by atoms with E-state index in [4.69, 9.17) is 0 Å². The second-order valence-electron chi connectivity index (χ2n) is 24.6. The third-order valence-electron chi connectivity index (χ3n) is 16.6. The quantitative estimate of drug-likeness (QED) is 0.0420. The number of hydrogen-bond donors (Lipinski definition) is 3. The van der Waals surface area contributed by atoms with Crippen LogP contribution in [0.25, 0.3) is 0 Å². The zero-order chi connectivity index (χ0) is 57.6. The first-order valence-corrected chi connectivity index (χ1v) is 36.2. The van der Waals surface area contributed by atoms with E-state index in [9.17, 15) is 15.0 Å². The van der Waals surface area contributed by atoms with Gasteiger partial charge in [0, 0.05) is 6.42 Å². The predicted octanol–water partition coefficient (Wildman–Crippen LogP) is 24.8. The van der Waals surface area contributed by atoms with Gasteiger partial charge in [0.2, 0.25) is 5.91 Å². The fraction of sp³-hybridized carbons (Fsp3) is 0.829. The molecular formula is C76H141NO3. The standard InChI is InChI=1S/C76H141NO3/c1-3-5-7-9-11-13-15-17-19-21-23-25-27-29-31-33-35-37-38-40-42-44-46-48-50-52-54-56-58-60-62-64-66-68-70-72-76(80)77-74(73-78)75(79)71-69-67-65-63-61-59-57-55-53-51-49-47-45-43-41-39-36-34-32-30-28-26-24-22-20-18-16-14-12-10-8-6-4-2/h15,17,21,23,27,29,53,55,61,63,69,71,74-75,78-79H,3-14,16,18-20,22,24-26,28,30-52,54,56-60,62,64-68,70,72-73H2,1-2H3,(H,77,80)/b17-15-,23-21-,29-27-,55-53+,63-61+,71-69+. The number of hydrogen-bond acceptors (Lipinski definition) is 3. The van der Waals surface area contributed by atoms with Gasteiger partial charge in [-0.3, -0.25) is 4.79 Å². The molecule has 0 radical (unpaired) electrons. The number of carbonyl (C=O) groups is 1. The number of aliphatic hydroxyl groups is 2. The lowest BCUT2D eigenvalue weighted by Gasteiger charge is -2.19. The summed E-state index contributed by atoms with van der Waals surface area (Å²) in [5.41, 5.74) is 0. The van der Waals surface area contributed by atoms with Crippen molar-refractivity contribution < 1.29 is 15.0 Å². The summed E-state index contributed by atoms with van der Waals surface area (Å²) in [6.07, 6.45) is 103. The molecule has 1 amide bonds. The Kier molecular flexibility index (Phi) is 69.2. The minimum atomic E-state index is -0.874. The Labute approximate surface area is 501 Å². The molecule has 0 aromatic carbocycles. The second-order valence-corrected chi connectivity index (χ2v) is 24.6. The smallest absolute Gasteiger partial charge is 0.220 e. The molecule has 0 saturated carbocycles. The Morgan fingerprint density at radius 2 is 0.525 bits per heavy atom. The molecule has 0 rings (SSSR count). The van der Waals surface area contributed by atoms with Crippen LogP contribution in [-0.4, -0.2) is 34.9 Å². The summed E-state index contributed by atoms with van der Waals surface area (Å²) in [5.74, 6) is -0.0729. The number of aliphatic hydroxyl groups excluding tert-OH is 2. The van der Waals surface area contributed by atoms with Crippen LogP contribution in [0.1, 0.15) is 386 Å². The maximum absolute atomic E-state index is 12.5. The lowest BCUT2D eigenvalue weighted by molar-refractivity contribution is -0.123. The molecule has 3 N–H and O–H groups in total. The van der Waals surface area contributed by atoms with E-state index in [1.165, 1.54) is 315 Å². The van der Waals surface area contributed by atoms with Gasteiger partial charge in [-0.15, -0.1) is 0 Å². The van der Waals surface area contributed by atoms with Crippen molar-refractivity contribution in [1.29, 1.82) is 0 Å². The third kappa shape index (κ3) is 66.6. The van der Waals surface area contributed by atoms with Crippen LogP contribution in [0, 0.1) is 0 Å². The van der Waals surface area contributed by atoms with Crippen LogP contribution < -0.4 is 5.32 Å². The van der Waals surface area contributed by atoms with Crippen LogP contribution in [0.5, 0.6) is 0 Å². The van der Waals surface area contributed by atoms with Crippen molar-refractivity contribution in [3.05, 3.63) is 72.9 Å². The van der Waals surface area contributed by atoms with E-state index in [0.29, 0.717) is 6.42 Å². The van der Waals surface area contributed by atoms with Crippen LogP contribution in [0.4, 0.5) is 0 Å². The SMILES string of the molecule is CCCCCCC/C=C\C/C=C\C/C=C\CCCCCCCCCCCCCCCCCCCCCCC(=O)NC(CO)C(O)/C=C/CC/C=C/CC/C=C/CCCCCCCCCCCCCCCCCCCCCCCCC. The zero-order valence-corrected chi connectivity index (χ0v) is 54.1. The lowest BCUT2D eigenvalue weighted by atomic mass is 10.0. The molecule has 2 atom stereocenters. The molecule has 4 nitrogen and oxygen atoms in total. The predicted molar refractivity (Wildman–Crippen MR) is 359 cm³/mol. The first kappa shape index (κ1) is 77.8. The molecule has 0 fully saturated rings. The van der Waals surface area contributed by atoms with Crippen molar-refractivity contribution >= 4 is 5.91 Å². The van der Waals surface area contributed by atoms with E-state index in [1.54, 1.807) is 6.08 Å². The van der Waals surface area contributed by atoms with Gasteiger partial charge in [-0.2, -0.15) is 0 Å². The van der Waals surface area contributed by atoms with Crippen molar-refractivity contribution in [1.82, 2.24) is 5.32 Å². The molecule has 0 aromatic heterocycles. The molecule has 0 spiro atoms. The summed E-state index contributed by atoms with van der Waals surface area (Å²) in [5, 5.41) is 23.3. The van der Waals surface area contributed by atoms with Gasteiger partial charge < -0.3 is 15.5 Å². The fourth-order valence-corrected chi connectivity index (χ4v) is 11.2. The third-order valence-corrected chi connectivity index (χ3v) is 16.6. The molecule has 0 aliphatic carbocycles. The normalized spacial score (nSPS) is 13.1. The zero-order valence-electron chi connectivity index (χ0n) is 54.1. The lowest BCUT2D eigenvalue weighted by Crippen LogP contribution is -2.45. The molecule has 0 aliphatic heterocycles. The van der Waals surface area contributed by atoms with Gasteiger partial charge in [-0.1, -0.05) is 369 Å². The second kappa shape index (κ2) is 71.1. The van der Waals surface area contributed by atoms with Crippen LogP contribution in [0.15, 0.2) is 72.9 Å². The average molecular weight is 1120 g/mol. The Bertz CT molecular complexity index is 1360. The van der Waals surface area contributed by atoms with Gasteiger partial charge in [0.05, 0.1) is 18.8 Å². The molecule has 4 heteroatoms. The van der Waals surface area contributed by atoms with Gasteiger partial charge in [0.15, 0.2) is 0 Å². The Morgan fingerprint density at radius 3 is 0.812 bits per heavy atom. The maximum atomic E-state index is 12.5. The minimum absolute atomic E-state index is 0.0729. The first-order chi connectivity index (χ1) is 39.7. The number of allylic oxidation sites excluding steroid dienone is 11. The van der Waals surface area contributed by atoms with Gasteiger partial charge >= 0.3 is 0 Å². The largest absolute Gasteiger partial charge is 0.394 e. The molecule has 80 heavy (non-hydrogen) atoms. The highest BCUT2D eigenvalue weighted by Gasteiger charge is 2.18. The van der Waals surface area contributed by atoms with Crippen molar-refractivity contribution in [3.63, 3.8) is 0 Å². The maximum Gasteiger partial charge on any atom is 0.220 e. The summed E-state index contributed by atoms with van der Waals surface area (Å²) in [7, 11) is 0. The summed E-state index contributed by atoms with van der Waals surface area (Å²) < 4.78 is 0. The summed E-state index contributed by atoms with van der Waals surface area (Å²) in [4.78, 5) is 12.5. The molecule has 0 aromatic rings. The molecule has 0 saturated heterocycles. The van der Waals surface area contributed by atoms with Crippen LogP contribution >= 0.6 is 0 Å². The monoisotopic (exact) mass is 1120 g/mol. The molecule has 0 bridgehead atoms. The Morgan fingerprint density at radius 1 is 0.300 bits per heavy atom. The van der Waals surface area contributed by atoms with E-state index in [2.05, 4.69) is 79.9 Å². The average Bonchev–Trinajstić information content (AvgIpc) is 3.46. The Hall–Kier alpha value is -2.17. The van der Waals surface area contributed by atoms with E-state index in [1.807, 2.05) is 6.08 Å². The van der Waals surface area contributed by atoms with Crippen molar-refractivity contribution in [2.45, 2.75) is 398 Å². The fourth-order valence-electron chi connectivity index (χ4n) is 11.2. The first-order valence-electron chi connectivity index (χ1n) is 36.2. The van der Waals surface area contributed by atoms with Crippen molar-refractivity contribution in [3.8, 4) is 0 Å². The number of rotatable bonds is 67. The summed E-state index contributed by atoms with van der Waals surface area (Å²) in [6, 6.07) is -0.649. The van der Waals surface area contributed by atoms with Crippen molar-refractivity contribution in [2.24, 2.45) is 0 Å². The number of amides is 1. The van der Waals surface area contributed by atoms with Gasteiger partial charge in [-0.25, -0.2) is 0 Å². The van der Waals surface area contributed by atoms with E-state index in [0.717, 1.165) is 51.4 Å². The number of unbranched alkanes of at least 4 members (excludes halogenated alkanes) is 50. The highest BCUT2D eigenvalue weighted by atomic mass is 16.3. The van der Waals surface area contributed by atoms with Crippen LogP contribution in [0.3, 0.4) is 0 Å². The molecule has 0 heterocycles. The van der Waals surface area contributed by atoms with Gasteiger partial charge in [0.25, 0.3) is 0 Å². The van der Waals surface area contributed by atoms with Gasteiger partial charge in [0.1, 0.15) is 0 Å². The highest BCUT2D eigenvalue weighted by Crippen LogP contribution is 2.18. The summed E-state index contributed by atoms with van der Waals surface area (Å²) >= 11 is 0. The van der Waals surface area contributed by atoms with E-state index >= 15 is 0 Å². The van der Waals surface area contributed by atoms with Crippen LogP contribution in [-0.2, 0) is 4.79 Å². The van der Waals surface area contributed by atoms with Crippen LogP contribution in [0.2, 0.25) is 0 Å². The van der Waals surface area contributed by atoms with Gasteiger partial charge in [-0.05, 0) is 83.5 Å². The van der Waals surface area contributed by atoms with Crippen molar-refractivity contribution in [2.75, 3.05) is 6.61 Å².